The highest BCUT2D eigenvalue weighted by Crippen LogP contribution is 2.14. The maximum Gasteiger partial charge on any atom is 0.257 e. The van der Waals surface area contributed by atoms with E-state index in [9.17, 15) is 9.18 Å². The predicted molar refractivity (Wildman–Crippen MR) is 99.1 cm³/mol. The van der Waals surface area contributed by atoms with Crippen LogP contribution in [0.5, 0.6) is 0 Å². The van der Waals surface area contributed by atoms with E-state index in [2.05, 4.69) is 11.6 Å². The summed E-state index contributed by atoms with van der Waals surface area (Å²) in [4.78, 5) is 18.7. The van der Waals surface area contributed by atoms with Crippen molar-refractivity contribution in [3.05, 3.63) is 102 Å². The lowest BCUT2D eigenvalue weighted by atomic mass is 10.2. The van der Waals surface area contributed by atoms with E-state index in [0.29, 0.717) is 13.1 Å². The van der Waals surface area contributed by atoms with Gasteiger partial charge in [0.2, 0.25) is 0 Å². The van der Waals surface area contributed by atoms with Crippen LogP contribution in [0.2, 0.25) is 0 Å². The van der Waals surface area contributed by atoms with Crippen molar-refractivity contribution in [2.24, 2.45) is 0 Å². The van der Waals surface area contributed by atoms with Crippen LogP contribution >= 0.6 is 0 Å². The Labute approximate surface area is 152 Å². The highest BCUT2D eigenvalue weighted by Gasteiger charge is 2.20. The van der Waals surface area contributed by atoms with Crippen LogP contribution in [0.4, 0.5) is 4.39 Å². The number of benzene rings is 2. The van der Waals surface area contributed by atoms with Gasteiger partial charge in [-0.05, 0) is 17.7 Å². The third-order valence-electron chi connectivity index (χ3n) is 4.07. The van der Waals surface area contributed by atoms with Crippen LogP contribution in [0.15, 0.2) is 79.6 Å². The van der Waals surface area contributed by atoms with E-state index in [1.807, 2.05) is 41.1 Å². The van der Waals surface area contributed by atoms with Gasteiger partial charge in [0.1, 0.15) is 11.6 Å². The first-order chi connectivity index (χ1) is 12.7. The molecule has 0 unspecified atom stereocenters. The number of hydrogen-bond donors (Lipinski definition) is 0. The van der Waals surface area contributed by atoms with Gasteiger partial charge in [0, 0.05) is 25.5 Å². The van der Waals surface area contributed by atoms with Gasteiger partial charge >= 0.3 is 0 Å². The minimum Gasteiger partial charge on any atom is -0.329 e. The van der Waals surface area contributed by atoms with E-state index >= 15 is 0 Å². The molecule has 0 atom stereocenters. The molecule has 0 saturated heterocycles. The quantitative estimate of drug-likeness (QED) is 0.607. The van der Waals surface area contributed by atoms with Crippen LogP contribution in [0.25, 0.3) is 0 Å². The zero-order valence-electron chi connectivity index (χ0n) is 14.4. The average molecular weight is 349 g/mol. The molecule has 2 aromatic carbocycles. The lowest BCUT2D eigenvalue weighted by molar-refractivity contribution is 0.0752. The maximum atomic E-state index is 14.0. The van der Waals surface area contributed by atoms with Gasteiger partial charge in [-0.15, -0.1) is 6.58 Å². The lowest BCUT2D eigenvalue weighted by Crippen LogP contribution is -2.32. The van der Waals surface area contributed by atoms with Crippen LogP contribution in [-0.4, -0.2) is 26.9 Å². The largest absolute Gasteiger partial charge is 0.329 e. The molecule has 1 amide bonds. The molecule has 0 saturated carbocycles. The molecular formula is C21H20FN3O. The van der Waals surface area contributed by atoms with E-state index in [0.717, 1.165) is 11.4 Å². The number of amides is 1. The molecule has 0 radical (unpaired) electrons. The number of carbonyl (C=O) groups excluding carboxylic acids is 1. The second-order valence-corrected chi connectivity index (χ2v) is 5.91. The van der Waals surface area contributed by atoms with Gasteiger partial charge in [0.25, 0.3) is 5.91 Å². The van der Waals surface area contributed by atoms with Crippen molar-refractivity contribution in [3.63, 3.8) is 0 Å². The van der Waals surface area contributed by atoms with Crippen molar-refractivity contribution in [2.75, 3.05) is 6.54 Å². The van der Waals surface area contributed by atoms with E-state index in [1.54, 1.807) is 24.4 Å². The van der Waals surface area contributed by atoms with Crippen molar-refractivity contribution in [3.8, 4) is 0 Å². The number of carbonyl (C=O) groups is 1. The minimum absolute atomic E-state index is 0.0514. The van der Waals surface area contributed by atoms with Crippen LogP contribution < -0.4 is 0 Å². The second kappa shape index (κ2) is 8.25. The summed E-state index contributed by atoms with van der Waals surface area (Å²) in [7, 11) is 0. The van der Waals surface area contributed by atoms with Crippen molar-refractivity contribution >= 4 is 5.91 Å². The standard InChI is InChI=1S/C21H20FN3O/c1-2-13-25(21(26)18-10-6-7-11-19(18)22)16-20-23-12-14-24(20)15-17-8-4-3-5-9-17/h2-12,14H,1,13,15-16H2. The van der Waals surface area contributed by atoms with E-state index in [-0.39, 0.29) is 18.0 Å². The summed E-state index contributed by atoms with van der Waals surface area (Å²) in [5.41, 5.74) is 1.19. The molecule has 0 fully saturated rings. The number of rotatable bonds is 7. The number of imidazole rings is 1. The van der Waals surface area contributed by atoms with Gasteiger partial charge in [-0.3, -0.25) is 4.79 Å². The Morgan fingerprint density at radius 2 is 1.88 bits per heavy atom. The molecule has 3 rings (SSSR count). The zero-order chi connectivity index (χ0) is 18.4. The molecule has 0 aliphatic carbocycles. The summed E-state index contributed by atoms with van der Waals surface area (Å²) in [6.45, 7) is 4.95. The average Bonchev–Trinajstić information content (AvgIpc) is 3.09. The number of hydrogen-bond acceptors (Lipinski definition) is 2. The SMILES string of the molecule is C=CCN(Cc1nccn1Cc1ccccc1)C(=O)c1ccccc1F. The van der Waals surface area contributed by atoms with Crippen LogP contribution in [0.3, 0.4) is 0 Å². The first kappa shape index (κ1) is 17.6. The third kappa shape index (κ3) is 4.06. The van der Waals surface area contributed by atoms with Gasteiger partial charge < -0.3 is 9.47 Å². The number of halogens is 1. The Hall–Kier alpha value is -3.21. The fourth-order valence-electron chi connectivity index (χ4n) is 2.77. The molecule has 4 nitrogen and oxygen atoms in total. The molecule has 1 aromatic heterocycles. The fraction of sp³-hybridized carbons (Fsp3) is 0.143. The maximum absolute atomic E-state index is 14.0. The molecule has 0 spiro atoms. The van der Waals surface area contributed by atoms with Gasteiger partial charge in [-0.1, -0.05) is 48.5 Å². The van der Waals surface area contributed by atoms with Crippen LogP contribution in [0.1, 0.15) is 21.7 Å². The Morgan fingerprint density at radius 1 is 1.15 bits per heavy atom. The Morgan fingerprint density at radius 3 is 2.62 bits per heavy atom. The molecule has 0 aliphatic heterocycles. The van der Waals surface area contributed by atoms with E-state index in [1.165, 1.54) is 17.0 Å². The van der Waals surface area contributed by atoms with Gasteiger partial charge in [-0.2, -0.15) is 0 Å². The molecule has 3 aromatic rings. The number of nitrogens with zero attached hydrogens (tertiary/aromatic N) is 3. The van der Waals surface area contributed by atoms with Crippen molar-refractivity contribution in [1.82, 2.24) is 14.5 Å². The highest BCUT2D eigenvalue weighted by atomic mass is 19.1. The van der Waals surface area contributed by atoms with E-state index < -0.39 is 5.82 Å². The highest BCUT2D eigenvalue weighted by molar-refractivity contribution is 5.94. The summed E-state index contributed by atoms with van der Waals surface area (Å²) < 4.78 is 16.0. The predicted octanol–water partition coefficient (Wildman–Crippen LogP) is 3.90. The van der Waals surface area contributed by atoms with Gasteiger partial charge in [0.15, 0.2) is 0 Å². The van der Waals surface area contributed by atoms with Crippen molar-refractivity contribution < 1.29 is 9.18 Å². The molecular weight excluding hydrogens is 329 g/mol. The van der Waals surface area contributed by atoms with Crippen molar-refractivity contribution in [1.29, 1.82) is 0 Å². The Kier molecular flexibility index (Phi) is 5.59. The molecule has 0 bridgehead atoms. The van der Waals surface area contributed by atoms with Crippen LogP contribution in [-0.2, 0) is 13.1 Å². The monoisotopic (exact) mass is 349 g/mol. The Bertz CT molecular complexity index is 889. The third-order valence-corrected chi connectivity index (χ3v) is 4.07. The normalized spacial score (nSPS) is 10.5. The molecule has 5 heteroatoms. The minimum atomic E-state index is -0.529. The topological polar surface area (TPSA) is 38.1 Å². The first-order valence-corrected chi connectivity index (χ1v) is 8.37. The molecule has 132 valence electrons. The summed E-state index contributed by atoms with van der Waals surface area (Å²) in [5, 5.41) is 0. The molecule has 1 heterocycles. The first-order valence-electron chi connectivity index (χ1n) is 8.37. The second-order valence-electron chi connectivity index (χ2n) is 5.91. The van der Waals surface area contributed by atoms with E-state index in [4.69, 9.17) is 0 Å². The molecule has 0 aliphatic rings. The molecule has 26 heavy (non-hydrogen) atoms. The summed E-state index contributed by atoms with van der Waals surface area (Å²) in [6, 6.07) is 16.0. The van der Waals surface area contributed by atoms with Gasteiger partial charge in [-0.25, -0.2) is 9.37 Å². The number of aromatic nitrogens is 2. The Balaban J connectivity index is 1.81. The van der Waals surface area contributed by atoms with Crippen molar-refractivity contribution in [2.45, 2.75) is 13.1 Å². The summed E-state index contributed by atoms with van der Waals surface area (Å²) in [5.74, 6) is -0.170. The van der Waals surface area contributed by atoms with Crippen LogP contribution in [0, 0.1) is 5.82 Å². The zero-order valence-corrected chi connectivity index (χ0v) is 14.4. The van der Waals surface area contributed by atoms with Gasteiger partial charge in [0.05, 0.1) is 12.1 Å². The smallest absolute Gasteiger partial charge is 0.257 e. The molecule has 0 N–H and O–H groups in total. The summed E-state index contributed by atoms with van der Waals surface area (Å²) in [6.07, 6.45) is 5.21. The summed E-state index contributed by atoms with van der Waals surface area (Å²) >= 11 is 0. The lowest BCUT2D eigenvalue weighted by Gasteiger charge is -2.22. The fourth-order valence-corrected chi connectivity index (χ4v) is 2.77.